The second kappa shape index (κ2) is 5.55. The Labute approximate surface area is 97.9 Å². The topological polar surface area (TPSA) is 86.0 Å². The lowest BCUT2D eigenvalue weighted by Crippen LogP contribution is -1.97. The van der Waals surface area contributed by atoms with E-state index in [1.807, 2.05) is 0 Å². The summed E-state index contributed by atoms with van der Waals surface area (Å²) in [6, 6.07) is 10.3. The summed E-state index contributed by atoms with van der Waals surface area (Å²) in [7, 11) is 0. The first-order chi connectivity index (χ1) is 7.67. The van der Waals surface area contributed by atoms with E-state index in [9.17, 15) is 0 Å². The molecule has 1 rings (SSSR count). The van der Waals surface area contributed by atoms with Gasteiger partial charge in [0.25, 0.3) is 0 Å². The van der Waals surface area contributed by atoms with Crippen LogP contribution in [-0.4, -0.2) is 6.21 Å². The lowest BCUT2D eigenvalue weighted by Gasteiger charge is -1.94. The summed E-state index contributed by atoms with van der Waals surface area (Å²) in [5, 5.41) is 17.7. The standard InChI is InChI=1S/C11H7ClN4/c12-9-3-1-2-8(4-9)7-16-11(6-14)10(15)5-13/h1-4,7H,15H2/b11-10+,16-7+. The Hall–Kier alpha value is -2.30. The van der Waals surface area contributed by atoms with Crippen molar-refractivity contribution in [3.8, 4) is 12.1 Å². The van der Waals surface area contributed by atoms with E-state index in [2.05, 4.69) is 4.99 Å². The zero-order chi connectivity index (χ0) is 12.0. The predicted molar refractivity (Wildman–Crippen MR) is 61.5 cm³/mol. The third kappa shape index (κ3) is 3.13. The van der Waals surface area contributed by atoms with Crippen molar-refractivity contribution in [1.82, 2.24) is 0 Å². The molecule has 5 heteroatoms. The monoisotopic (exact) mass is 230 g/mol. The number of rotatable bonds is 2. The first kappa shape index (κ1) is 11.8. The lowest BCUT2D eigenvalue weighted by atomic mass is 10.2. The molecule has 0 aliphatic carbocycles. The summed E-state index contributed by atoms with van der Waals surface area (Å²) in [6.45, 7) is 0. The first-order valence-corrected chi connectivity index (χ1v) is 4.64. The summed E-state index contributed by atoms with van der Waals surface area (Å²) in [6.07, 6.45) is 1.43. The number of benzene rings is 1. The number of hydrogen-bond acceptors (Lipinski definition) is 4. The molecule has 2 N–H and O–H groups in total. The zero-order valence-electron chi connectivity index (χ0n) is 8.18. The molecular weight excluding hydrogens is 224 g/mol. The van der Waals surface area contributed by atoms with Crippen molar-refractivity contribution < 1.29 is 0 Å². The van der Waals surface area contributed by atoms with Crippen molar-refractivity contribution in [1.29, 1.82) is 10.5 Å². The molecule has 1 aromatic carbocycles. The molecule has 0 saturated carbocycles. The van der Waals surface area contributed by atoms with E-state index >= 15 is 0 Å². The van der Waals surface area contributed by atoms with E-state index < -0.39 is 0 Å². The fraction of sp³-hybridized carbons (Fsp3) is 0. The normalized spacial score (nSPS) is 11.7. The molecule has 0 amide bonds. The third-order valence-electron chi connectivity index (χ3n) is 1.67. The van der Waals surface area contributed by atoms with Crippen molar-refractivity contribution >= 4 is 17.8 Å². The van der Waals surface area contributed by atoms with E-state index in [0.29, 0.717) is 5.02 Å². The number of hydrogen-bond donors (Lipinski definition) is 1. The second-order valence-corrected chi connectivity index (χ2v) is 3.24. The number of nitriles is 2. The van der Waals surface area contributed by atoms with E-state index in [0.717, 1.165) is 5.56 Å². The molecule has 0 heterocycles. The highest BCUT2D eigenvalue weighted by molar-refractivity contribution is 6.30. The summed E-state index contributed by atoms with van der Waals surface area (Å²) < 4.78 is 0. The van der Waals surface area contributed by atoms with Crippen molar-refractivity contribution in [2.24, 2.45) is 10.7 Å². The number of nitrogens with zero attached hydrogens (tertiary/aromatic N) is 3. The fourth-order valence-corrected chi connectivity index (χ4v) is 1.14. The van der Waals surface area contributed by atoms with Crippen LogP contribution in [-0.2, 0) is 0 Å². The molecule has 4 nitrogen and oxygen atoms in total. The van der Waals surface area contributed by atoms with Crippen LogP contribution in [0.2, 0.25) is 5.02 Å². The molecular formula is C11H7ClN4. The molecule has 0 saturated heterocycles. The Morgan fingerprint density at radius 3 is 2.69 bits per heavy atom. The minimum atomic E-state index is -0.208. The minimum absolute atomic E-state index is 0.109. The number of aliphatic imine (C=N–C) groups is 1. The Kier molecular flexibility index (Phi) is 4.08. The van der Waals surface area contributed by atoms with E-state index in [-0.39, 0.29) is 11.4 Å². The Balaban J connectivity index is 2.99. The average Bonchev–Trinajstić information content (AvgIpc) is 2.29. The van der Waals surface area contributed by atoms with Gasteiger partial charge >= 0.3 is 0 Å². The fourth-order valence-electron chi connectivity index (χ4n) is 0.938. The second-order valence-electron chi connectivity index (χ2n) is 2.80. The molecule has 0 bridgehead atoms. The summed E-state index contributed by atoms with van der Waals surface area (Å²) >= 11 is 5.77. The molecule has 0 fully saturated rings. The van der Waals surface area contributed by atoms with Crippen LogP contribution in [0.4, 0.5) is 0 Å². The molecule has 0 aliphatic heterocycles. The van der Waals surface area contributed by atoms with Gasteiger partial charge in [0.2, 0.25) is 0 Å². The average molecular weight is 231 g/mol. The van der Waals surface area contributed by atoms with Crippen molar-refractivity contribution in [3.05, 3.63) is 46.2 Å². The van der Waals surface area contributed by atoms with Crippen molar-refractivity contribution in [2.75, 3.05) is 0 Å². The molecule has 0 aromatic heterocycles. The lowest BCUT2D eigenvalue weighted by molar-refractivity contribution is 1.27. The highest BCUT2D eigenvalue weighted by Crippen LogP contribution is 2.09. The Morgan fingerprint density at radius 2 is 2.12 bits per heavy atom. The van der Waals surface area contributed by atoms with Crippen LogP contribution in [0.1, 0.15) is 5.56 Å². The van der Waals surface area contributed by atoms with Gasteiger partial charge in [-0.3, -0.25) is 0 Å². The number of halogens is 1. The summed E-state index contributed by atoms with van der Waals surface area (Å²) in [5.74, 6) is 0. The Morgan fingerprint density at radius 1 is 1.38 bits per heavy atom. The van der Waals surface area contributed by atoms with Crippen LogP contribution in [0.5, 0.6) is 0 Å². The highest BCUT2D eigenvalue weighted by atomic mass is 35.5. The first-order valence-electron chi connectivity index (χ1n) is 4.27. The van der Waals surface area contributed by atoms with Gasteiger partial charge in [-0.05, 0) is 17.7 Å². The van der Waals surface area contributed by atoms with Gasteiger partial charge in [0.15, 0.2) is 5.70 Å². The molecule has 1 aromatic rings. The van der Waals surface area contributed by atoms with Gasteiger partial charge < -0.3 is 5.73 Å². The highest BCUT2D eigenvalue weighted by Gasteiger charge is 1.98. The molecule has 0 spiro atoms. The van der Waals surface area contributed by atoms with Gasteiger partial charge in [-0.1, -0.05) is 23.7 Å². The molecule has 0 unspecified atom stereocenters. The smallest absolute Gasteiger partial charge is 0.174 e. The van der Waals surface area contributed by atoms with Crippen LogP contribution in [0.25, 0.3) is 0 Å². The van der Waals surface area contributed by atoms with Gasteiger partial charge in [0.1, 0.15) is 17.8 Å². The van der Waals surface area contributed by atoms with Crippen LogP contribution in [0.15, 0.2) is 40.7 Å². The summed E-state index contributed by atoms with van der Waals surface area (Å²) in [4.78, 5) is 3.81. The molecule has 0 radical (unpaired) electrons. The van der Waals surface area contributed by atoms with Gasteiger partial charge in [-0.15, -0.1) is 0 Å². The number of allylic oxidation sites excluding steroid dienone is 2. The van der Waals surface area contributed by atoms with E-state index in [1.54, 1.807) is 36.4 Å². The zero-order valence-corrected chi connectivity index (χ0v) is 8.94. The van der Waals surface area contributed by atoms with E-state index in [4.69, 9.17) is 27.9 Å². The van der Waals surface area contributed by atoms with Crippen molar-refractivity contribution in [2.45, 2.75) is 0 Å². The Bertz CT molecular complexity index is 532. The van der Waals surface area contributed by atoms with Crippen molar-refractivity contribution in [3.63, 3.8) is 0 Å². The van der Waals surface area contributed by atoms with Gasteiger partial charge in [0, 0.05) is 11.2 Å². The van der Waals surface area contributed by atoms with Crippen LogP contribution in [0, 0.1) is 22.7 Å². The maximum absolute atomic E-state index is 8.68. The molecule has 78 valence electrons. The number of nitrogens with two attached hydrogens (primary N) is 1. The van der Waals surface area contributed by atoms with Crippen LogP contribution in [0.3, 0.4) is 0 Å². The van der Waals surface area contributed by atoms with Gasteiger partial charge in [-0.25, -0.2) is 4.99 Å². The van der Waals surface area contributed by atoms with E-state index in [1.165, 1.54) is 6.21 Å². The molecule has 0 aliphatic rings. The molecule has 16 heavy (non-hydrogen) atoms. The maximum Gasteiger partial charge on any atom is 0.174 e. The predicted octanol–water partition coefficient (Wildman–Crippen LogP) is 1.98. The van der Waals surface area contributed by atoms with Gasteiger partial charge in [0.05, 0.1) is 0 Å². The molecule has 0 atom stereocenters. The van der Waals surface area contributed by atoms with Gasteiger partial charge in [-0.2, -0.15) is 10.5 Å². The SMILES string of the molecule is N#C/C(N)=C(C#N)\N=C\c1cccc(Cl)c1. The third-order valence-corrected chi connectivity index (χ3v) is 1.91. The van der Waals surface area contributed by atoms with Crippen LogP contribution >= 0.6 is 11.6 Å². The van der Waals surface area contributed by atoms with Crippen LogP contribution < -0.4 is 5.73 Å². The minimum Gasteiger partial charge on any atom is -0.388 e. The largest absolute Gasteiger partial charge is 0.388 e. The maximum atomic E-state index is 8.68. The quantitative estimate of drug-likeness (QED) is 0.623. The summed E-state index contributed by atoms with van der Waals surface area (Å²) in [5.41, 5.74) is 5.69.